The van der Waals surface area contributed by atoms with E-state index in [0.29, 0.717) is 0 Å². The van der Waals surface area contributed by atoms with E-state index < -0.39 is 0 Å². The first kappa shape index (κ1) is 12.8. The molecule has 0 saturated heterocycles. The van der Waals surface area contributed by atoms with Crippen LogP contribution in [-0.4, -0.2) is 31.7 Å². The zero-order chi connectivity index (χ0) is 9.11. The fourth-order valence-corrected chi connectivity index (χ4v) is 0.283. The van der Waals surface area contributed by atoms with Crippen LogP contribution in [0, 0.1) is 0 Å². The van der Waals surface area contributed by atoms with E-state index in [9.17, 15) is 0 Å². The lowest BCUT2D eigenvalue weighted by Gasteiger charge is -1.96. The Labute approximate surface area is 69.8 Å². The Kier molecular flexibility index (Phi) is 13.9. The van der Waals surface area contributed by atoms with E-state index in [1.54, 1.807) is 5.01 Å². The molecule has 0 aliphatic heterocycles. The topological polar surface area (TPSA) is 28.0 Å². The van der Waals surface area contributed by atoms with E-state index in [-0.39, 0.29) is 0 Å². The highest BCUT2D eigenvalue weighted by molar-refractivity contribution is 5.40. The molecular formula is C8H19N3. The molecule has 0 aromatic heterocycles. The van der Waals surface area contributed by atoms with Crippen molar-refractivity contribution in [1.82, 2.24) is 5.01 Å². The summed E-state index contributed by atoms with van der Waals surface area (Å²) in [6.07, 6.45) is 1.05. The first-order valence-electron chi connectivity index (χ1n) is 4.06. The molecule has 0 heterocycles. The average molecular weight is 157 g/mol. The summed E-state index contributed by atoms with van der Waals surface area (Å²) in [4.78, 5) is 3.87. The Bertz CT molecular complexity index is 113. The molecule has 0 aromatic rings. The van der Waals surface area contributed by atoms with E-state index in [0.717, 1.165) is 13.0 Å². The minimum absolute atomic E-state index is 0.817. The summed E-state index contributed by atoms with van der Waals surface area (Å²) in [5.74, 6) is 0. The van der Waals surface area contributed by atoms with Crippen molar-refractivity contribution in [2.75, 3.05) is 20.6 Å². The molecule has 0 saturated carbocycles. The molecule has 66 valence electrons. The largest absolute Gasteiger partial charge is 0.294 e. The standard InChI is InChI=1S/C6H13N3.C2H6/c1-4-5-7-6-8-9(2)3;1-2/h4-5H2,1-3H3;1-2H3. The number of rotatable bonds is 3. The van der Waals surface area contributed by atoms with Crippen molar-refractivity contribution in [3.05, 3.63) is 0 Å². The van der Waals surface area contributed by atoms with Gasteiger partial charge in [0.15, 0.2) is 0 Å². The third kappa shape index (κ3) is 17.6. The lowest BCUT2D eigenvalue weighted by Crippen LogP contribution is -1.99. The highest BCUT2D eigenvalue weighted by Gasteiger charge is 1.71. The Hall–Kier alpha value is -0.820. The van der Waals surface area contributed by atoms with Gasteiger partial charge in [0.1, 0.15) is 6.01 Å². The molecular weight excluding hydrogens is 138 g/mol. The third-order valence-electron chi connectivity index (χ3n) is 0.651. The van der Waals surface area contributed by atoms with Gasteiger partial charge in [0.2, 0.25) is 0 Å². The summed E-state index contributed by atoms with van der Waals surface area (Å²) in [7, 11) is 3.68. The first-order chi connectivity index (χ1) is 5.27. The van der Waals surface area contributed by atoms with Gasteiger partial charge in [-0.3, -0.25) is 5.01 Å². The maximum Gasteiger partial charge on any atom is 0.114 e. The highest BCUT2D eigenvalue weighted by Crippen LogP contribution is 1.74. The second-order valence-corrected chi connectivity index (χ2v) is 1.93. The van der Waals surface area contributed by atoms with Crippen LogP contribution in [0.4, 0.5) is 0 Å². The molecule has 0 aromatic carbocycles. The Morgan fingerprint density at radius 1 is 1.27 bits per heavy atom. The van der Waals surface area contributed by atoms with E-state index in [1.165, 1.54) is 0 Å². The van der Waals surface area contributed by atoms with Crippen molar-refractivity contribution >= 4 is 6.01 Å². The molecule has 0 N–H and O–H groups in total. The lowest BCUT2D eigenvalue weighted by atomic mass is 10.5. The molecule has 0 aliphatic carbocycles. The molecule has 0 bridgehead atoms. The maximum absolute atomic E-state index is 3.87. The molecule has 0 rings (SSSR count). The lowest BCUT2D eigenvalue weighted by molar-refractivity contribution is 0.440. The van der Waals surface area contributed by atoms with E-state index in [2.05, 4.69) is 23.0 Å². The second kappa shape index (κ2) is 11.9. The van der Waals surface area contributed by atoms with E-state index >= 15 is 0 Å². The van der Waals surface area contributed by atoms with Crippen LogP contribution in [0.25, 0.3) is 0 Å². The van der Waals surface area contributed by atoms with Gasteiger partial charge in [-0.25, -0.2) is 4.99 Å². The van der Waals surface area contributed by atoms with Crippen LogP contribution in [0.1, 0.15) is 27.2 Å². The quantitative estimate of drug-likeness (QED) is 0.455. The van der Waals surface area contributed by atoms with Crippen LogP contribution in [0.5, 0.6) is 0 Å². The van der Waals surface area contributed by atoms with Gasteiger partial charge in [-0.15, -0.1) is 5.10 Å². The zero-order valence-electron chi connectivity index (χ0n) is 8.26. The smallest absolute Gasteiger partial charge is 0.114 e. The number of nitrogens with zero attached hydrogens (tertiary/aromatic N) is 3. The number of hydrogen-bond acceptors (Lipinski definition) is 3. The van der Waals surface area contributed by atoms with E-state index in [1.807, 2.05) is 27.9 Å². The van der Waals surface area contributed by atoms with Gasteiger partial charge in [-0.05, 0) is 6.42 Å². The van der Waals surface area contributed by atoms with Crippen molar-refractivity contribution in [3.8, 4) is 0 Å². The minimum atomic E-state index is 0.817. The average Bonchev–Trinajstić information content (AvgIpc) is 2.02. The minimum Gasteiger partial charge on any atom is -0.294 e. The van der Waals surface area contributed by atoms with Gasteiger partial charge in [0, 0.05) is 20.6 Å². The van der Waals surface area contributed by atoms with Gasteiger partial charge in [-0.2, -0.15) is 0 Å². The van der Waals surface area contributed by atoms with Crippen LogP contribution in [0.15, 0.2) is 10.1 Å². The van der Waals surface area contributed by atoms with Gasteiger partial charge >= 0.3 is 0 Å². The summed E-state index contributed by atoms with van der Waals surface area (Å²) < 4.78 is 0. The normalized spacial score (nSPS) is 7.00. The summed E-state index contributed by atoms with van der Waals surface area (Å²) in [5, 5.41) is 5.44. The molecule has 3 heteroatoms. The number of aliphatic imine (C=N–C) groups is 1. The summed E-state index contributed by atoms with van der Waals surface area (Å²) >= 11 is 0. The molecule has 0 unspecified atom stereocenters. The van der Waals surface area contributed by atoms with Crippen LogP contribution in [-0.2, 0) is 0 Å². The molecule has 0 fully saturated rings. The third-order valence-corrected chi connectivity index (χ3v) is 0.651. The molecule has 3 nitrogen and oxygen atoms in total. The second-order valence-electron chi connectivity index (χ2n) is 1.93. The van der Waals surface area contributed by atoms with Crippen LogP contribution >= 0.6 is 0 Å². The van der Waals surface area contributed by atoms with Crippen molar-refractivity contribution in [1.29, 1.82) is 0 Å². The monoisotopic (exact) mass is 157 g/mol. The number of hydrogen-bond donors (Lipinski definition) is 0. The van der Waals surface area contributed by atoms with Crippen LogP contribution in [0.2, 0.25) is 0 Å². The summed E-state index contributed by atoms with van der Waals surface area (Å²) in [6.45, 7) is 6.89. The zero-order valence-corrected chi connectivity index (χ0v) is 8.26. The Balaban J connectivity index is 0. The molecule has 0 aliphatic rings. The van der Waals surface area contributed by atoms with Gasteiger partial charge < -0.3 is 0 Å². The van der Waals surface area contributed by atoms with Crippen molar-refractivity contribution in [2.24, 2.45) is 10.1 Å². The van der Waals surface area contributed by atoms with Crippen LogP contribution < -0.4 is 0 Å². The molecule has 0 spiro atoms. The summed E-state index contributed by atoms with van der Waals surface area (Å²) in [6, 6.07) is 2.56. The van der Waals surface area contributed by atoms with Crippen LogP contribution in [0.3, 0.4) is 0 Å². The Morgan fingerprint density at radius 3 is 2.18 bits per heavy atom. The highest BCUT2D eigenvalue weighted by atomic mass is 15.4. The van der Waals surface area contributed by atoms with E-state index in [4.69, 9.17) is 0 Å². The fraction of sp³-hybridized carbons (Fsp3) is 0.875. The number of hydrazone groups is 1. The molecule has 11 heavy (non-hydrogen) atoms. The predicted molar refractivity (Wildman–Crippen MR) is 50.1 cm³/mol. The maximum atomic E-state index is 3.87. The van der Waals surface area contributed by atoms with Crippen molar-refractivity contribution in [2.45, 2.75) is 27.2 Å². The summed E-state index contributed by atoms with van der Waals surface area (Å²) in [5.41, 5.74) is 0. The SMILES string of the molecule is CC.CCCN=C=NN(C)C. The molecule has 0 radical (unpaired) electrons. The predicted octanol–water partition coefficient (Wildman–Crippen LogP) is 2.07. The van der Waals surface area contributed by atoms with Crippen molar-refractivity contribution in [3.63, 3.8) is 0 Å². The molecule has 0 atom stereocenters. The Morgan fingerprint density at radius 2 is 1.82 bits per heavy atom. The van der Waals surface area contributed by atoms with Gasteiger partial charge in [0.25, 0.3) is 0 Å². The fourth-order valence-electron chi connectivity index (χ4n) is 0.283. The van der Waals surface area contributed by atoms with Gasteiger partial charge in [0.05, 0.1) is 0 Å². The molecule has 0 amide bonds. The van der Waals surface area contributed by atoms with Gasteiger partial charge in [-0.1, -0.05) is 20.8 Å². The van der Waals surface area contributed by atoms with Crippen molar-refractivity contribution < 1.29 is 0 Å². The first-order valence-corrected chi connectivity index (χ1v) is 4.06.